The molecule has 4 aromatic rings. The van der Waals surface area contributed by atoms with Gasteiger partial charge in [-0.15, -0.1) is 0 Å². The maximum Gasteiger partial charge on any atom is 0.245 e. The zero-order valence-corrected chi connectivity index (χ0v) is 20.0. The van der Waals surface area contributed by atoms with E-state index in [1.54, 1.807) is 0 Å². The number of carbonyl (C=O) groups excluding carboxylic acids is 1. The lowest BCUT2D eigenvalue weighted by Crippen LogP contribution is -2.38. The second-order valence-electron chi connectivity index (χ2n) is 8.94. The molecule has 0 aliphatic rings. The third-order valence-corrected chi connectivity index (χ3v) is 6.44. The number of rotatable bonds is 8. The molecule has 1 amide bonds. The molecule has 0 fully saturated rings. The van der Waals surface area contributed by atoms with E-state index in [-0.39, 0.29) is 12.1 Å². The first-order valence-corrected chi connectivity index (χ1v) is 11.6. The number of hydrogen-bond donors (Lipinski definition) is 3. The molecule has 6 nitrogen and oxygen atoms in total. The number of aliphatic hydroxyl groups excluding tert-OH is 1. The molecular weight excluding hydrogens is 424 g/mol. The molecule has 34 heavy (non-hydrogen) atoms. The summed E-state index contributed by atoms with van der Waals surface area (Å²) in [5.74, 6) is -0.419. The third-order valence-electron chi connectivity index (χ3n) is 6.44. The molecule has 3 aromatic carbocycles. The Morgan fingerprint density at radius 1 is 0.912 bits per heavy atom. The van der Waals surface area contributed by atoms with E-state index in [1.807, 2.05) is 28.8 Å². The minimum Gasteiger partial charge on any atom is -0.387 e. The molecule has 0 bridgehead atoms. The Kier molecular flexibility index (Phi) is 6.98. The topological polar surface area (TPSA) is 83.0 Å². The van der Waals surface area contributed by atoms with Gasteiger partial charge in [0.1, 0.15) is 6.61 Å². The summed E-state index contributed by atoms with van der Waals surface area (Å²) < 4.78 is 4.06. The van der Waals surface area contributed by atoms with Crippen LogP contribution in [0.2, 0.25) is 0 Å². The van der Waals surface area contributed by atoms with Crippen molar-refractivity contribution < 1.29 is 9.90 Å². The molecule has 4 rings (SSSR count). The lowest BCUT2D eigenvalue weighted by molar-refractivity contribution is -0.123. The SMILES string of the molecule is Cc1ccc(CC(CNC(=O)CO)n2c(=N)n(C(C)c3ccc(C)cc3)c3ccccc32)cc1. The molecular formula is C28H32N4O2. The second kappa shape index (κ2) is 10.1. The fourth-order valence-corrected chi connectivity index (χ4v) is 4.51. The summed E-state index contributed by atoms with van der Waals surface area (Å²) in [5.41, 5.74) is 6.95. The van der Waals surface area contributed by atoms with Gasteiger partial charge in [0.2, 0.25) is 11.5 Å². The van der Waals surface area contributed by atoms with Gasteiger partial charge >= 0.3 is 0 Å². The molecule has 0 spiro atoms. The minimum absolute atomic E-state index is 0.0358. The molecule has 3 N–H and O–H groups in total. The van der Waals surface area contributed by atoms with Crippen LogP contribution in [-0.4, -0.2) is 33.3 Å². The fourth-order valence-electron chi connectivity index (χ4n) is 4.51. The number of benzene rings is 3. The zero-order valence-electron chi connectivity index (χ0n) is 20.0. The largest absolute Gasteiger partial charge is 0.387 e. The van der Waals surface area contributed by atoms with Crippen LogP contribution in [0.5, 0.6) is 0 Å². The highest BCUT2D eigenvalue weighted by atomic mass is 16.3. The van der Waals surface area contributed by atoms with Gasteiger partial charge in [-0.1, -0.05) is 71.8 Å². The maximum atomic E-state index is 11.9. The van der Waals surface area contributed by atoms with Crippen LogP contribution in [0, 0.1) is 19.3 Å². The number of aromatic nitrogens is 2. The maximum absolute atomic E-state index is 11.9. The Morgan fingerprint density at radius 2 is 1.47 bits per heavy atom. The summed E-state index contributed by atoms with van der Waals surface area (Å²) in [7, 11) is 0. The predicted octanol–water partition coefficient (Wildman–Crippen LogP) is 4.04. The summed E-state index contributed by atoms with van der Waals surface area (Å²) in [5, 5.41) is 21.3. The predicted molar refractivity (Wildman–Crippen MR) is 135 cm³/mol. The van der Waals surface area contributed by atoms with Crippen molar-refractivity contribution in [2.45, 2.75) is 39.3 Å². The van der Waals surface area contributed by atoms with Gasteiger partial charge in [-0.05, 0) is 50.5 Å². The smallest absolute Gasteiger partial charge is 0.245 e. The van der Waals surface area contributed by atoms with Crippen LogP contribution in [0.3, 0.4) is 0 Å². The van der Waals surface area contributed by atoms with E-state index in [1.165, 1.54) is 11.1 Å². The van der Waals surface area contributed by atoms with Crippen molar-refractivity contribution in [3.8, 4) is 0 Å². The van der Waals surface area contributed by atoms with Crippen molar-refractivity contribution in [2.24, 2.45) is 0 Å². The molecule has 0 saturated carbocycles. The normalized spacial score (nSPS) is 13.1. The van der Waals surface area contributed by atoms with Crippen molar-refractivity contribution in [2.75, 3.05) is 13.2 Å². The number of nitrogens with zero attached hydrogens (tertiary/aromatic N) is 2. The summed E-state index contributed by atoms with van der Waals surface area (Å²) in [4.78, 5) is 11.9. The van der Waals surface area contributed by atoms with Crippen molar-refractivity contribution in [1.82, 2.24) is 14.5 Å². The van der Waals surface area contributed by atoms with Crippen molar-refractivity contribution in [3.05, 3.63) is 101 Å². The van der Waals surface area contributed by atoms with Gasteiger partial charge in [0.05, 0.1) is 23.1 Å². The number of nitrogens with one attached hydrogen (secondary N) is 2. The first kappa shape index (κ1) is 23.5. The number of aliphatic hydroxyl groups is 1. The Bertz CT molecular complexity index is 1330. The molecule has 2 atom stereocenters. The first-order valence-electron chi connectivity index (χ1n) is 11.6. The highest BCUT2D eigenvalue weighted by Gasteiger charge is 2.22. The number of para-hydroxylation sites is 2. The number of hydrogen-bond acceptors (Lipinski definition) is 3. The molecule has 0 saturated heterocycles. The Balaban J connectivity index is 1.82. The van der Waals surface area contributed by atoms with E-state index in [0.29, 0.717) is 18.6 Å². The van der Waals surface area contributed by atoms with Crippen LogP contribution in [0.4, 0.5) is 0 Å². The van der Waals surface area contributed by atoms with Crippen LogP contribution < -0.4 is 10.9 Å². The molecule has 1 aromatic heterocycles. The number of imidazole rings is 1. The summed E-state index contributed by atoms with van der Waals surface area (Å²) >= 11 is 0. The number of aryl methyl sites for hydroxylation is 2. The number of amides is 1. The average Bonchev–Trinajstić information content (AvgIpc) is 3.14. The quantitative estimate of drug-likeness (QED) is 0.374. The van der Waals surface area contributed by atoms with Gasteiger partial charge in [0, 0.05) is 6.54 Å². The van der Waals surface area contributed by atoms with Gasteiger partial charge in [-0.2, -0.15) is 0 Å². The van der Waals surface area contributed by atoms with E-state index in [4.69, 9.17) is 0 Å². The molecule has 2 unspecified atom stereocenters. The van der Waals surface area contributed by atoms with Crippen LogP contribution >= 0.6 is 0 Å². The third kappa shape index (κ3) is 4.82. The minimum atomic E-state index is -0.554. The highest BCUT2D eigenvalue weighted by molar-refractivity contribution is 5.77. The highest BCUT2D eigenvalue weighted by Crippen LogP contribution is 2.26. The van der Waals surface area contributed by atoms with Crippen molar-refractivity contribution in [3.63, 3.8) is 0 Å². The van der Waals surface area contributed by atoms with E-state index in [9.17, 15) is 15.3 Å². The van der Waals surface area contributed by atoms with E-state index in [0.717, 1.165) is 22.2 Å². The van der Waals surface area contributed by atoms with Crippen LogP contribution in [0.25, 0.3) is 11.0 Å². The molecule has 1 heterocycles. The molecule has 6 heteroatoms. The average molecular weight is 457 g/mol. The van der Waals surface area contributed by atoms with Gasteiger partial charge in [-0.25, -0.2) is 0 Å². The summed E-state index contributed by atoms with van der Waals surface area (Å²) in [6.07, 6.45) is 0.648. The van der Waals surface area contributed by atoms with Gasteiger partial charge < -0.3 is 19.6 Å². The standard InChI is InChI=1S/C28H32N4O2/c1-19-8-12-22(13-9-19)16-24(17-30-27(34)18-33)32-26-7-5-4-6-25(26)31(28(32)29)21(3)23-14-10-20(2)11-15-23/h4-15,21,24,29,33H,16-18H2,1-3H3,(H,30,34). The fraction of sp³-hybridized carbons (Fsp3) is 0.286. The van der Waals surface area contributed by atoms with Crippen LogP contribution in [0.15, 0.2) is 72.8 Å². The lowest BCUT2D eigenvalue weighted by Gasteiger charge is -2.21. The van der Waals surface area contributed by atoms with E-state index in [2.05, 4.69) is 79.2 Å². The first-order chi connectivity index (χ1) is 16.4. The van der Waals surface area contributed by atoms with Crippen LogP contribution in [0.1, 0.15) is 41.3 Å². The molecule has 176 valence electrons. The summed E-state index contributed by atoms with van der Waals surface area (Å²) in [6, 6.07) is 24.6. The van der Waals surface area contributed by atoms with E-state index >= 15 is 0 Å². The second-order valence-corrected chi connectivity index (χ2v) is 8.94. The summed E-state index contributed by atoms with van der Waals surface area (Å²) in [6.45, 7) is 6.00. The zero-order chi connectivity index (χ0) is 24.2. The Hall–Kier alpha value is -3.64. The molecule has 0 radical (unpaired) electrons. The van der Waals surface area contributed by atoms with Crippen LogP contribution in [-0.2, 0) is 11.2 Å². The number of carbonyl (C=O) groups is 1. The monoisotopic (exact) mass is 456 g/mol. The van der Waals surface area contributed by atoms with Gasteiger partial charge in [0.15, 0.2) is 0 Å². The number of fused-ring (bicyclic) bond motifs is 1. The lowest BCUT2D eigenvalue weighted by atomic mass is 10.0. The van der Waals surface area contributed by atoms with Gasteiger partial charge in [-0.3, -0.25) is 10.2 Å². The van der Waals surface area contributed by atoms with Gasteiger partial charge in [0.25, 0.3) is 0 Å². The molecule has 0 aliphatic carbocycles. The molecule has 0 aliphatic heterocycles. The Morgan fingerprint density at radius 3 is 2.06 bits per heavy atom. The van der Waals surface area contributed by atoms with Crippen molar-refractivity contribution in [1.29, 1.82) is 5.41 Å². The Labute approximate surface area is 200 Å². The van der Waals surface area contributed by atoms with Crippen molar-refractivity contribution >= 4 is 16.9 Å². The van der Waals surface area contributed by atoms with E-state index < -0.39 is 12.5 Å².